The molecule has 0 bridgehead atoms. The van der Waals surface area contributed by atoms with Crippen molar-refractivity contribution in [1.29, 1.82) is 0 Å². The molecule has 2 aromatic rings. The number of aromatic nitrogens is 1. The van der Waals surface area contributed by atoms with Gasteiger partial charge in [-0.15, -0.1) is 0 Å². The van der Waals surface area contributed by atoms with Crippen LogP contribution in [0.25, 0.3) is 10.8 Å². The van der Waals surface area contributed by atoms with E-state index in [2.05, 4.69) is 16.9 Å². The number of nitrogens with two attached hydrogens (primary N) is 1. The van der Waals surface area contributed by atoms with Crippen LogP contribution < -0.4 is 10.5 Å². The van der Waals surface area contributed by atoms with Gasteiger partial charge in [-0.2, -0.15) is 0 Å². The van der Waals surface area contributed by atoms with Crippen molar-refractivity contribution in [3.05, 3.63) is 30.6 Å². The van der Waals surface area contributed by atoms with E-state index in [1.807, 2.05) is 18.2 Å². The summed E-state index contributed by atoms with van der Waals surface area (Å²) in [7, 11) is 2.18. The summed E-state index contributed by atoms with van der Waals surface area (Å²) in [6, 6.07) is 6.33. The molecule has 4 heteroatoms. The number of fused-ring (bicyclic) bond motifs is 1. The molecule has 106 valence electrons. The van der Waals surface area contributed by atoms with E-state index in [-0.39, 0.29) is 0 Å². The number of pyridine rings is 1. The van der Waals surface area contributed by atoms with Crippen LogP contribution in [0.3, 0.4) is 0 Å². The molecular formula is C16H21N3O. The predicted octanol–water partition coefficient (Wildman–Crippen LogP) is 2.68. The van der Waals surface area contributed by atoms with Gasteiger partial charge in [0, 0.05) is 34.9 Å². The van der Waals surface area contributed by atoms with Crippen molar-refractivity contribution >= 4 is 16.5 Å². The molecule has 0 aliphatic carbocycles. The highest BCUT2D eigenvalue weighted by Crippen LogP contribution is 2.29. The summed E-state index contributed by atoms with van der Waals surface area (Å²) in [6.45, 7) is 1.90. The van der Waals surface area contributed by atoms with Crippen LogP contribution in [-0.2, 0) is 0 Å². The maximum absolute atomic E-state index is 6.06. The maximum atomic E-state index is 6.06. The Labute approximate surface area is 119 Å². The highest BCUT2D eigenvalue weighted by atomic mass is 16.5. The second-order valence-corrected chi connectivity index (χ2v) is 5.52. The van der Waals surface area contributed by atoms with Crippen molar-refractivity contribution in [2.45, 2.75) is 25.3 Å². The van der Waals surface area contributed by atoms with Crippen LogP contribution in [0.2, 0.25) is 0 Å². The molecule has 0 radical (unpaired) electrons. The van der Waals surface area contributed by atoms with E-state index in [9.17, 15) is 0 Å². The Morgan fingerprint density at radius 2 is 2.20 bits per heavy atom. The number of nitrogens with zero attached hydrogens (tertiary/aromatic N) is 2. The van der Waals surface area contributed by atoms with E-state index in [1.54, 1.807) is 12.4 Å². The largest absolute Gasteiger partial charge is 0.491 e. The third-order valence-electron chi connectivity index (χ3n) is 4.16. The lowest BCUT2D eigenvalue weighted by atomic mass is 10.0. The van der Waals surface area contributed by atoms with E-state index in [4.69, 9.17) is 10.5 Å². The Balaban J connectivity index is 1.79. The third kappa shape index (κ3) is 2.56. The van der Waals surface area contributed by atoms with Crippen LogP contribution in [0.4, 0.5) is 5.69 Å². The fraction of sp³-hybridized carbons (Fsp3) is 0.438. The van der Waals surface area contributed by atoms with Gasteiger partial charge < -0.3 is 15.4 Å². The highest BCUT2D eigenvalue weighted by Gasteiger charge is 2.19. The average Bonchev–Trinajstić information content (AvgIpc) is 2.48. The summed E-state index contributed by atoms with van der Waals surface area (Å²) >= 11 is 0. The second-order valence-electron chi connectivity index (χ2n) is 5.52. The van der Waals surface area contributed by atoms with Crippen molar-refractivity contribution < 1.29 is 4.74 Å². The Hall–Kier alpha value is -1.81. The predicted molar refractivity (Wildman–Crippen MR) is 81.9 cm³/mol. The summed E-state index contributed by atoms with van der Waals surface area (Å²) in [5.41, 5.74) is 6.73. The first-order valence-electron chi connectivity index (χ1n) is 7.21. The van der Waals surface area contributed by atoms with Crippen molar-refractivity contribution in [1.82, 2.24) is 9.88 Å². The summed E-state index contributed by atoms with van der Waals surface area (Å²) < 4.78 is 6.06. The van der Waals surface area contributed by atoms with Gasteiger partial charge in [-0.05, 0) is 44.6 Å². The maximum Gasteiger partial charge on any atom is 0.127 e. The lowest BCUT2D eigenvalue weighted by Gasteiger charge is -2.32. The molecule has 20 heavy (non-hydrogen) atoms. The molecule has 2 N–H and O–H groups in total. The standard InChI is InChI=1S/C16H21N3O/c1-19-9-3-2-4-12(19)11-20-16-6-5-15(17)14-10-18-8-7-13(14)16/h5-8,10,12H,2-4,9,11,17H2,1H3. The highest BCUT2D eigenvalue weighted by molar-refractivity contribution is 5.96. The average molecular weight is 271 g/mol. The zero-order valence-electron chi connectivity index (χ0n) is 11.9. The van der Waals surface area contributed by atoms with Crippen LogP contribution in [0.15, 0.2) is 30.6 Å². The Kier molecular flexibility index (Phi) is 3.74. The molecule has 1 aromatic heterocycles. The van der Waals surface area contributed by atoms with Crippen LogP contribution in [-0.4, -0.2) is 36.1 Å². The topological polar surface area (TPSA) is 51.4 Å². The fourth-order valence-corrected chi connectivity index (χ4v) is 2.85. The van der Waals surface area contributed by atoms with Crippen LogP contribution in [0.5, 0.6) is 5.75 Å². The van der Waals surface area contributed by atoms with Crippen LogP contribution in [0, 0.1) is 0 Å². The zero-order chi connectivity index (χ0) is 13.9. The molecule has 1 aromatic carbocycles. The van der Waals surface area contributed by atoms with E-state index in [1.165, 1.54) is 25.8 Å². The lowest BCUT2D eigenvalue weighted by molar-refractivity contribution is 0.126. The molecule has 2 heterocycles. The molecule has 1 aliphatic heterocycles. The molecule has 0 spiro atoms. The molecule has 3 rings (SSSR count). The number of ether oxygens (including phenoxy) is 1. The van der Waals surface area contributed by atoms with Gasteiger partial charge in [0.1, 0.15) is 12.4 Å². The summed E-state index contributed by atoms with van der Waals surface area (Å²) in [4.78, 5) is 6.53. The first-order valence-corrected chi connectivity index (χ1v) is 7.21. The van der Waals surface area contributed by atoms with Gasteiger partial charge >= 0.3 is 0 Å². The van der Waals surface area contributed by atoms with Gasteiger partial charge in [-0.3, -0.25) is 4.98 Å². The zero-order valence-corrected chi connectivity index (χ0v) is 11.9. The van der Waals surface area contributed by atoms with Gasteiger partial charge in [0.25, 0.3) is 0 Å². The number of hydrogen-bond donors (Lipinski definition) is 1. The minimum absolute atomic E-state index is 0.512. The summed E-state index contributed by atoms with van der Waals surface area (Å²) in [5, 5.41) is 2.00. The third-order valence-corrected chi connectivity index (χ3v) is 4.16. The SMILES string of the molecule is CN1CCCCC1COc1ccc(N)c2cnccc12. The Morgan fingerprint density at radius 3 is 3.05 bits per heavy atom. The number of nitrogen functional groups attached to an aromatic ring is 1. The molecule has 1 fully saturated rings. The van der Waals surface area contributed by atoms with Gasteiger partial charge in [-0.25, -0.2) is 0 Å². The first-order chi connectivity index (χ1) is 9.75. The fourth-order valence-electron chi connectivity index (χ4n) is 2.85. The first kappa shape index (κ1) is 13.2. The number of piperidine rings is 1. The van der Waals surface area contributed by atoms with Crippen molar-refractivity contribution in [3.63, 3.8) is 0 Å². The minimum atomic E-state index is 0.512. The molecule has 1 atom stereocenters. The molecular weight excluding hydrogens is 250 g/mol. The molecule has 1 unspecified atom stereocenters. The van der Waals surface area contributed by atoms with Crippen molar-refractivity contribution in [2.24, 2.45) is 0 Å². The minimum Gasteiger partial charge on any atom is -0.491 e. The van der Waals surface area contributed by atoms with Gasteiger partial charge in [0.15, 0.2) is 0 Å². The molecule has 1 saturated heterocycles. The quantitative estimate of drug-likeness (QED) is 0.872. The van der Waals surface area contributed by atoms with E-state index < -0.39 is 0 Å². The van der Waals surface area contributed by atoms with E-state index in [0.29, 0.717) is 6.04 Å². The summed E-state index contributed by atoms with van der Waals surface area (Å²) in [6.07, 6.45) is 7.38. The number of benzene rings is 1. The molecule has 1 aliphatic rings. The van der Waals surface area contributed by atoms with Crippen molar-refractivity contribution in [3.8, 4) is 5.75 Å². The second kappa shape index (κ2) is 5.67. The smallest absolute Gasteiger partial charge is 0.127 e. The normalized spacial score (nSPS) is 20.1. The number of likely N-dealkylation sites (tertiary alicyclic amines) is 1. The molecule has 0 saturated carbocycles. The van der Waals surface area contributed by atoms with Crippen molar-refractivity contribution in [2.75, 3.05) is 25.9 Å². The van der Waals surface area contributed by atoms with Gasteiger partial charge in [0.2, 0.25) is 0 Å². The number of hydrogen-bond acceptors (Lipinski definition) is 4. The molecule has 0 amide bonds. The van der Waals surface area contributed by atoms with E-state index >= 15 is 0 Å². The Bertz CT molecular complexity index is 599. The number of likely N-dealkylation sites (N-methyl/N-ethyl adjacent to an activating group) is 1. The number of anilines is 1. The van der Waals surface area contributed by atoms with Gasteiger partial charge in [0.05, 0.1) is 0 Å². The lowest BCUT2D eigenvalue weighted by Crippen LogP contribution is -2.40. The van der Waals surface area contributed by atoms with Gasteiger partial charge in [-0.1, -0.05) is 6.42 Å². The monoisotopic (exact) mass is 271 g/mol. The summed E-state index contributed by atoms with van der Waals surface area (Å²) in [5.74, 6) is 0.899. The number of rotatable bonds is 3. The molecule has 4 nitrogen and oxygen atoms in total. The van der Waals surface area contributed by atoms with E-state index in [0.717, 1.165) is 28.8 Å². The van der Waals surface area contributed by atoms with Crippen LogP contribution >= 0.6 is 0 Å². The van der Waals surface area contributed by atoms with Crippen LogP contribution in [0.1, 0.15) is 19.3 Å². The Morgan fingerprint density at radius 1 is 1.30 bits per heavy atom.